The summed E-state index contributed by atoms with van der Waals surface area (Å²) in [5.74, 6) is 0.0155. The molecule has 0 aromatic carbocycles. The Morgan fingerprint density at radius 1 is 1.56 bits per heavy atom. The Kier molecular flexibility index (Phi) is 4.10. The molecule has 0 aliphatic carbocycles. The van der Waals surface area contributed by atoms with Crippen molar-refractivity contribution in [2.75, 3.05) is 6.54 Å². The molecule has 90 valence electrons. The molecule has 0 aliphatic heterocycles. The van der Waals surface area contributed by atoms with Gasteiger partial charge in [-0.25, -0.2) is 0 Å². The minimum Gasteiger partial charge on any atom is -0.312 e. The Morgan fingerprint density at radius 2 is 2.19 bits per heavy atom. The van der Waals surface area contributed by atoms with Crippen molar-refractivity contribution in [1.82, 2.24) is 15.1 Å². The van der Waals surface area contributed by atoms with Crippen LogP contribution in [-0.4, -0.2) is 27.6 Å². The van der Waals surface area contributed by atoms with Crippen molar-refractivity contribution in [3.63, 3.8) is 0 Å². The van der Waals surface area contributed by atoms with Gasteiger partial charge in [-0.15, -0.1) is 0 Å². The molecule has 0 atom stereocenters. The average molecular weight is 244 g/mol. The van der Waals surface area contributed by atoms with E-state index in [2.05, 4.69) is 31.2 Å². The largest absolute Gasteiger partial charge is 0.312 e. The van der Waals surface area contributed by atoms with Crippen molar-refractivity contribution in [3.8, 4) is 0 Å². The molecule has 0 spiro atoms. The summed E-state index contributed by atoms with van der Waals surface area (Å²) in [5, 5.41) is 7.62. The second kappa shape index (κ2) is 4.97. The van der Waals surface area contributed by atoms with E-state index in [-0.39, 0.29) is 11.3 Å². The van der Waals surface area contributed by atoms with Crippen LogP contribution in [0.15, 0.2) is 6.20 Å². The summed E-state index contributed by atoms with van der Waals surface area (Å²) in [6, 6.07) is 0. The van der Waals surface area contributed by atoms with Crippen LogP contribution in [-0.2, 0) is 7.05 Å². The van der Waals surface area contributed by atoms with Gasteiger partial charge in [0.2, 0.25) is 0 Å². The monoisotopic (exact) mass is 243 g/mol. The molecule has 4 nitrogen and oxygen atoms in total. The molecular weight excluding hydrogens is 226 g/mol. The molecule has 1 heterocycles. The second-order valence-electron chi connectivity index (χ2n) is 4.81. The summed E-state index contributed by atoms with van der Waals surface area (Å²) in [5.41, 5.74) is 0.508. The molecule has 1 N–H and O–H groups in total. The van der Waals surface area contributed by atoms with Crippen LogP contribution in [0.2, 0.25) is 5.02 Å². The van der Waals surface area contributed by atoms with Crippen LogP contribution in [0.5, 0.6) is 0 Å². The third kappa shape index (κ3) is 3.61. The molecule has 0 radical (unpaired) electrons. The number of ketones is 1. The first kappa shape index (κ1) is 13.2. The molecule has 16 heavy (non-hydrogen) atoms. The average Bonchev–Trinajstić information content (AvgIpc) is 2.43. The molecule has 0 bridgehead atoms. The van der Waals surface area contributed by atoms with Gasteiger partial charge in [0, 0.05) is 25.6 Å². The highest BCUT2D eigenvalue weighted by Gasteiger charge is 2.16. The Labute approximate surface area is 101 Å². The van der Waals surface area contributed by atoms with E-state index in [1.807, 2.05) is 0 Å². The molecule has 1 aromatic heterocycles. The van der Waals surface area contributed by atoms with E-state index in [9.17, 15) is 4.79 Å². The summed E-state index contributed by atoms with van der Waals surface area (Å²) in [6.45, 7) is 6.83. The van der Waals surface area contributed by atoms with Crippen molar-refractivity contribution >= 4 is 17.4 Å². The first-order valence-corrected chi connectivity index (χ1v) is 5.65. The number of nitrogens with zero attached hydrogens (tertiary/aromatic N) is 2. The fraction of sp³-hybridized carbons (Fsp3) is 0.636. The van der Waals surface area contributed by atoms with E-state index < -0.39 is 0 Å². The Morgan fingerprint density at radius 3 is 2.62 bits per heavy atom. The summed E-state index contributed by atoms with van der Waals surface area (Å²) in [6.07, 6.45) is 1.92. The van der Waals surface area contributed by atoms with Gasteiger partial charge in [0.25, 0.3) is 0 Å². The van der Waals surface area contributed by atoms with Crippen LogP contribution in [0.3, 0.4) is 0 Å². The number of rotatable bonds is 4. The van der Waals surface area contributed by atoms with Crippen molar-refractivity contribution < 1.29 is 4.79 Å². The Hall–Kier alpha value is -0.870. The molecule has 5 heteroatoms. The number of nitrogens with one attached hydrogen (secondary N) is 1. The SMILES string of the molecule is Cn1ncc(Cl)c1C(=O)CCNC(C)(C)C. The second-order valence-corrected chi connectivity index (χ2v) is 5.22. The fourth-order valence-corrected chi connectivity index (χ4v) is 1.67. The topological polar surface area (TPSA) is 46.9 Å². The van der Waals surface area contributed by atoms with Crippen LogP contribution in [0.25, 0.3) is 0 Å². The number of carbonyl (C=O) groups is 1. The van der Waals surface area contributed by atoms with Crippen molar-refractivity contribution in [1.29, 1.82) is 0 Å². The third-order valence-electron chi connectivity index (χ3n) is 2.17. The van der Waals surface area contributed by atoms with E-state index in [1.54, 1.807) is 7.05 Å². The minimum absolute atomic E-state index is 0.0155. The third-order valence-corrected chi connectivity index (χ3v) is 2.44. The molecule has 0 aliphatic rings. The van der Waals surface area contributed by atoms with Crippen LogP contribution in [0.4, 0.5) is 0 Å². The summed E-state index contributed by atoms with van der Waals surface area (Å²) < 4.78 is 1.52. The lowest BCUT2D eigenvalue weighted by atomic mass is 10.1. The van der Waals surface area contributed by atoms with Crippen LogP contribution in [0.1, 0.15) is 37.7 Å². The van der Waals surface area contributed by atoms with Crippen LogP contribution < -0.4 is 5.32 Å². The maximum atomic E-state index is 11.8. The smallest absolute Gasteiger partial charge is 0.183 e. The number of halogens is 1. The number of aromatic nitrogens is 2. The molecular formula is C11H18ClN3O. The highest BCUT2D eigenvalue weighted by atomic mass is 35.5. The molecule has 1 rings (SSSR count). The number of carbonyl (C=O) groups excluding carboxylic acids is 1. The van der Waals surface area contributed by atoms with Gasteiger partial charge < -0.3 is 5.32 Å². The van der Waals surface area contributed by atoms with E-state index in [4.69, 9.17) is 11.6 Å². The van der Waals surface area contributed by atoms with Crippen molar-refractivity contribution in [3.05, 3.63) is 16.9 Å². The lowest BCUT2D eigenvalue weighted by Gasteiger charge is -2.20. The van der Waals surface area contributed by atoms with Crippen LogP contribution >= 0.6 is 11.6 Å². The number of hydrogen-bond acceptors (Lipinski definition) is 3. The minimum atomic E-state index is 0.0155. The van der Waals surface area contributed by atoms with Gasteiger partial charge in [-0.2, -0.15) is 5.10 Å². The lowest BCUT2D eigenvalue weighted by molar-refractivity contribution is 0.0971. The zero-order valence-electron chi connectivity index (χ0n) is 10.2. The standard InChI is InChI=1S/C11H18ClN3O/c1-11(2,3)13-6-5-9(16)10-8(12)7-14-15(10)4/h7,13H,5-6H2,1-4H3. The lowest BCUT2D eigenvalue weighted by Crippen LogP contribution is -2.37. The Bertz CT molecular complexity index is 360. The van der Waals surface area contributed by atoms with Gasteiger partial charge in [0.15, 0.2) is 5.78 Å². The fourth-order valence-electron chi connectivity index (χ4n) is 1.39. The van der Waals surface area contributed by atoms with Crippen molar-refractivity contribution in [2.24, 2.45) is 7.05 Å². The molecule has 0 saturated carbocycles. The van der Waals surface area contributed by atoms with Gasteiger partial charge in [0.1, 0.15) is 5.69 Å². The molecule has 0 fully saturated rings. The highest BCUT2D eigenvalue weighted by Crippen LogP contribution is 2.15. The predicted octanol–water partition coefficient (Wildman–Crippen LogP) is 2.03. The number of Topliss-reactive ketones (excluding diaryl/α,β-unsaturated/α-hetero) is 1. The summed E-state index contributed by atoms with van der Waals surface area (Å²) in [4.78, 5) is 11.8. The predicted molar refractivity (Wildman–Crippen MR) is 64.9 cm³/mol. The highest BCUT2D eigenvalue weighted by molar-refractivity contribution is 6.33. The van der Waals surface area contributed by atoms with E-state index >= 15 is 0 Å². The quantitative estimate of drug-likeness (QED) is 0.824. The maximum Gasteiger partial charge on any atom is 0.183 e. The van der Waals surface area contributed by atoms with Crippen molar-refractivity contribution in [2.45, 2.75) is 32.7 Å². The first-order chi connectivity index (χ1) is 7.31. The zero-order chi connectivity index (χ0) is 12.3. The Balaban J connectivity index is 2.54. The van der Waals surface area contributed by atoms with Gasteiger partial charge in [0.05, 0.1) is 11.2 Å². The van der Waals surface area contributed by atoms with E-state index in [0.717, 1.165) is 0 Å². The van der Waals surface area contributed by atoms with Gasteiger partial charge in [-0.3, -0.25) is 9.48 Å². The van der Waals surface area contributed by atoms with Gasteiger partial charge in [-0.05, 0) is 20.8 Å². The molecule has 0 saturated heterocycles. The summed E-state index contributed by atoms with van der Waals surface area (Å²) in [7, 11) is 1.72. The molecule has 0 amide bonds. The molecule has 0 unspecified atom stereocenters. The molecule has 1 aromatic rings. The number of hydrogen-bond donors (Lipinski definition) is 1. The number of aryl methyl sites for hydroxylation is 1. The van der Waals surface area contributed by atoms with E-state index in [1.165, 1.54) is 10.9 Å². The maximum absolute atomic E-state index is 11.8. The van der Waals surface area contributed by atoms with E-state index in [0.29, 0.717) is 23.7 Å². The van der Waals surface area contributed by atoms with Gasteiger partial charge in [-0.1, -0.05) is 11.6 Å². The zero-order valence-corrected chi connectivity index (χ0v) is 10.9. The summed E-state index contributed by atoms with van der Waals surface area (Å²) >= 11 is 5.88. The first-order valence-electron chi connectivity index (χ1n) is 5.27. The normalized spacial score (nSPS) is 11.8. The van der Waals surface area contributed by atoms with Gasteiger partial charge >= 0.3 is 0 Å². The van der Waals surface area contributed by atoms with Crippen LogP contribution in [0, 0.1) is 0 Å².